The second-order valence-corrected chi connectivity index (χ2v) is 10.9. The zero-order chi connectivity index (χ0) is 17.5. The standard InChI is InChI=1S/C20H26BFP2/c1-19(2)13-21(24-20(19,3)4)15-11-9-14(10-12-15)18(22)16-7-5-6-8-17(16)23/h5-12,18,24H,13,23H2,1-4H3. The van der Waals surface area contributed by atoms with Crippen LogP contribution >= 0.6 is 17.7 Å². The van der Waals surface area contributed by atoms with Crippen LogP contribution in [0.15, 0.2) is 48.5 Å². The molecule has 0 aliphatic carbocycles. The first-order valence-electron chi connectivity index (χ1n) is 8.57. The van der Waals surface area contributed by atoms with E-state index >= 15 is 0 Å². The lowest BCUT2D eigenvalue weighted by Crippen LogP contribution is -2.29. The third-order valence-corrected chi connectivity index (χ3v) is 8.65. The summed E-state index contributed by atoms with van der Waals surface area (Å²) in [5.41, 5.74) is 3.20. The van der Waals surface area contributed by atoms with Crippen LogP contribution in [0.2, 0.25) is 6.32 Å². The van der Waals surface area contributed by atoms with Gasteiger partial charge in [0.2, 0.25) is 6.43 Å². The van der Waals surface area contributed by atoms with Crippen LogP contribution in [-0.2, 0) is 0 Å². The molecule has 0 N–H and O–H groups in total. The molecule has 0 amide bonds. The lowest BCUT2D eigenvalue weighted by atomic mass is 9.56. The zero-order valence-corrected chi connectivity index (χ0v) is 17.1. The Bertz CT molecular complexity index is 709. The van der Waals surface area contributed by atoms with Crippen molar-refractivity contribution in [1.29, 1.82) is 0 Å². The fraction of sp³-hybridized carbons (Fsp3) is 0.400. The smallest absolute Gasteiger partial charge is 0.202 e. The summed E-state index contributed by atoms with van der Waals surface area (Å²) in [5, 5.41) is 1.30. The molecule has 0 spiro atoms. The Morgan fingerprint density at radius 3 is 2.21 bits per heavy atom. The number of halogens is 1. The van der Waals surface area contributed by atoms with Crippen molar-refractivity contribution in [2.24, 2.45) is 5.41 Å². The summed E-state index contributed by atoms with van der Waals surface area (Å²) in [6, 6.07) is 15.9. The molecule has 24 heavy (non-hydrogen) atoms. The highest BCUT2D eigenvalue weighted by Crippen LogP contribution is 2.57. The Labute approximate surface area is 150 Å². The molecule has 1 heterocycles. The summed E-state index contributed by atoms with van der Waals surface area (Å²) < 4.78 is 14.9. The van der Waals surface area contributed by atoms with E-state index in [1.54, 1.807) is 0 Å². The Kier molecular flexibility index (Phi) is 4.94. The number of hydrogen-bond acceptors (Lipinski definition) is 0. The highest BCUT2D eigenvalue weighted by molar-refractivity contribution is 7.80. The summed E-state index contributed by atoms with van der Waals surface area (Å²) in [7, 11) is 3.55. The average Bonchev–Trinajstić information content (AvgIpc) is 2.75. The first-order valence-corrected chi connectivity index (χ1v) is 10.2. The molecule has 3 unspecified atom stereocenters. The fourth-order valence-electron chi connectivity index (χ4n) is 3.47. The average molecular weight is 358 g/mol. The van der Waals surface area contributed by atoms with Crippen molar-refractivity contribution in [1.82, 2.24) is 0 Å². The molecule has 0 saturated carbocycles. The molecule has 0 nitrogen and oxygen atoms in total. The van der Waals surface area contributed by atoms with Gasteiger partial charge in [-0.15, -0.1) is 17.7 Å². The number of rotatable bonds is 3. The van der Waals surface area contributed by atoms with Crippen LogP contribution in [0.3, 0.4) is 0 Å². The van der Waals surface area contributed by atoms with E-state index in [0.717, 1.165) is 24.9 Å². The molecule has 1 saturated heterocycles. The number of benzene rings is 2. The van der Waals surface area contributed by atoms with Gasteiger partial charge in [0.15, 0.2) is 6.17 Å². The second kappa shape index (κ2) is 6.55. The largest absolute Gasteiger partial charge is 0.237 e. The molecule has 2 aromatic rings. The quantitative estimate of drug-likeness (QED) is 0.539. The van der Waals surface area contributed by atoms with Gasteiger partial charge in [-0.1, -0.05) is 88.0 Å². The van der Waals surface area contributed by atoms with E-state index < -0.39 is 6.17 Å². The number of hydrogen-bond donors (Lipinski definition) is 0. The summed E-state index contributed by atoms with van der Waals surface area (Å²) in [6.07, 6.45) is 0.758. The maximum Gasteiger partial charge on any atom is 0.202 e. The van der Waals surface area contributed by atoms with Crippen LogP contribution in [0, 0.1) is 5.41 Å². The van der Waals surface area contributed by atoms with Crippen molar-refractivity contribution in [3.05, 3.63) is 59.7 Å². The Morgan fingerprint density at radius 1 is 1.04 bits per heavy atom. The maximum absolute atomic E-state index is 14.9. The van der Waals surface area contributed by atoms with Crippen LogP contribution in [-0.4, -0.2) is 11.6 Å². The zero-order valence-electron chi connectivity index (χ0n) is 14.9. The highest BCUT2D eigenvalue weighted by Gasteiger charge is 2.48. The van der Waals surface area contributed by atoms with Crippen molar-refractivity contribution < 1.29 is 4.39 Å². The van der Waals surface area contributed by atoms with E-state index in [-0.39, 0.29) is 0 Å². The molecule has 2 aromatic carbocycles. The van der Waals surface area contributed by atoms with Gasteiger partial charge in [-0.05, 0) is 27.0 Å². The van der Waals surface area contributed by atoms with Crippen molar-refractivity contribution in [3.63, 3.8) is 0 Å². The molecule has 1 fully saturated rings. The predicted molar refractivity (Wildman–Crippen MR) is 112 cm³/mol. The Morgan fingerprint density at radius 2 is 1.67 bits per heavy atom. The van der Waals surface area contributed by atoms with E-state index in [0.29, 0.717) is 17.0 Å². The van der Waals surface area contributed by atoms with Crippen molar-refractivity contribution in [2.75, 3.05) is 0 Å². The minimum Gasteiger partial charge on any atom is -0.237 e. The van der Waals surface area contributed by atoms with Crippen LogP contribution in [0.4, 0.5) is 4.39 Å². The molecular weight excluding hydrogens is 332 g/mol. The monoisotopic (exact) mass is 358 g/mol. The normalized spacial score (nSPS) is 21.2. The fourth-order valence-corrected chi connectivity index (χ4v) is 6.16. The molecule has 0 bridgehead atoms. The van der Waals surface area contributed by atoms with Crippen molar-refractivity contribution in [2.45, 2.75) is 45.3 Å². The molecule has 0 aromatic heterocycles. The summed E-state index contributed by atoms with van der Waals surface area (Å²) in [5.74, 6) is 0. The van der Waals surface area contributed by atoms with Gasteiger partial charge in [0.25, 0.3) is 0 Å². The van der Waals surface area contributed by atoms with Gasteiger partial charge in [0.05, 0.1) is 0 Å². The Hall–Kier alpha value is -0.705. The van der Waals surface area contributed by atoms with Crippen molar-refractivity contribution >= 4 is 34.9 Å². The first kappa shape index (κ1) is 18.1. The lowest BCUT2D eigenvalue weighted by molar-refractivity contribution is 0.325. The van der Waals surface area contributed by atoms with Gasteiger partial charge < -0.3 is 0 Å². The molecule has 1 aliphatic heterocycles. The van der Waals surface area contributed by atoms with Crippen LogP contribution in [0.1, 0.15) is 45.0 Å². The molecule has 3 rings (SSSR count). The molecular formula is C20H26BFP2. The summed E-state index contributed by atoms with van der Waals surface area (Å²) in [6.45, 7) is 9.52. The third kappa shape index (κ3) is 3.33. The van der Waals surface area contributed by atoms with Crippen LogP contribution < -0.4 is 10.8 Å². The predicted octanol–water partition coefficient (Wildman–Crippen LogP) is 4.94. The van der Waals surface area contributed by atoms with Crippen LogP contribution in [0.25, 0.3) is 0 Å². The van der Waals surface area contributed by atoms with Gasteiger partial charge >= 0.3 is 0 Å². The SMILES string of the molecule is CC1(C)CB(c2ccc(C(F)c3ccccc3P)cc2)PC1(C)C. The first-order chi connectivity index (χ1) is 11.2. The summed E-state index contributed by atoms with van der Waals surface area (Å²) in [4.78, 5) is 0. The van der Waals surface area contributed by atoms with E-state index in [2.05, 4.69) is 49.1 Å². The molecule has 126 valence electrons. The number of alkyl halides is 1. The minimum atomic E-state index is -1.06. The van der Waals surface area contributed by atoms with Gasteiger partial charge in [0, 0.05) is 0 Å². The van der Waals surface area contributed by atoms with Crippen molar-refractivity contribution in [3.8, 4) is 0 Å². The van der Waals surface area contributed by atoms with Gasteiger partial charge in [0.1, 0.15) is 0 Å². The molecule has 3 atom stereocenters. The molecule has 4 heteroatoms. The van der Waals surface area contributed by atoms with E-state index in [4.69, 9.17) is 0 Å². The maximum atomic E-state index is 14.9. The molecule has 0 radical (unpaired) electrons. The summed E-state index contributed by atoms with van der Waals surface area (Å²) >= 11 is 0. The second-order valence-electron chi connectivity index (χ2n) is 8.07. The lowest BCUT2D eigenvalue weighted by Gasteiger charge is -2.35. The van der Waals surface area contributed by atoms with Gasteiger partial charge in [-0.25, -0.2) is 4.39 Å². The van der Waals surface area contributed by atoms with Gasteiger partial charge in [-0.3, -0.25) is 0 Å². The van der Waals surface area contributed by atoms with E-state index in [1.807, 2.05) is 36.4 Å². The topological polar surface area (TPSA) is 0 Å². The van der Waals surface area contributed by atoms with Crippen LogP contribution in [0.5, 0.6) is 0 Å². The van der Waals surface area contributed by atoms with E-state index in [1.165, 1.54) is 11.8 Å². The minimum absolute atomic E-state index is 0.357. The molecule has 1 aliphatic rings. The van der Waals surface area contributed by atoms with Gasteiger partial charge in [-0.2, -0.15) is 0 Å². The highest BCUT2D eigenvalue weighted by atomic mass is 31.1. The Balaban J connectivity index is 1.81. The van der Waals surface area contributed by atoms with E-state index in [9.17, 15) is 4.39 Å². The third-order valence-electron chi connectivity index (χ3n) is 5.84.